The Bertz CT molecular complexity index is 431. The molecule has 0 amide bonds. The first-order valence-corrected chi connectivity index (χ1v) is 8.46. The maximum Gasteiger partial charge on any atom is 0.0897 e. The Labute approximate surface area is 126 Å². The first-order chi connectivity index (χ1) is 9.44. The number of thiophene rings is 1. The van der Waals surface area contributed by atoms with Crippen molar-refractivity contribution in [2.24, 2.45) is 11.3 Å². The summed E-state index contributed by atoms with van der Waals surface area (Å²) < 4.78 is 6.26. The van der Waals surface area contributed by atoms with Gasteiger partial charge in [-0.15, -0.1) is 11.3 Å². The minimum atomic E-state index is -0.158. The van der Waals surface area contributed by atoms with Crippen LogP contribution in [0.3, 0.4) is 0 Å². The van der Waals surface area contributed by atoms with Crippen LogP contribution in [0.15, 0.2) is 11.4 Å². The molecule has 2 rings (SSSR count). The fourth-order valence-corrected chi connectivity index (χ4v) is 4.39. The van der Waals surface area contributed by atoms with Gasteiger partial charge in [0.1, 0.15) is 0 Å². The Morgan fingerprint density at radius 3 is 2.45 bits per heavy atom. The van der Waals surface area contributed by atoms with E-state index in [1.165, 1.54) is 23.3 Å². The van der Waals surface area contributed by atoms with Crippen molar-refractivity contribution >= 4 is 11.3 Å². The monoisotopic (exact) mass is 296 g/mol. The van der Waals surface area contributed by atoms with Gasteiger partial charge in [-0.1, -0.05) is 13.8 Å². The van der Waals surface area contributed by atoms with Crippen molar-refractivity contribution in [3.63, 3.8) is 0 Å². The molecule has 1 unspecified atom stereocenters. The number of hydrogen-bond donors (Lipinski definition) is 2. The van der Waals surface area contributed by atoms with Gasteiger partial charge in [-0.25, -0.2) is 5.43 Å². The maximum atomic E-state index is 6.26. The minimum Gasteiger partial charge on any atom is -0.373 e. The van der Waals surface area contributed by atoms with Crippen LogP contribution in [0.4, 0.5) is 0 Å². The van der Waals surface area contributed by atoms with E-state index in [2.05, 4.69) is 44.6 Å². The summed E-state index contributed by atoms with van der Waals surface area (Å²) >= 11 is 1.78. The van der Waals surface area contributed by atoms with E-state index in [-0.39, 0.29) is 11.6 Å². The Hall–Kier alpha value is -0.420. The van der Waals surface area contributed by atoms with E-state index in [4.69, 9.17) is 10.6 Å². The van der Waals surface area contributed by atoms with E-state index in [0.29, 0.717) is 5.41 Å². The fraction of sp³-hybridized carbons (Fsp3) is 0.750. The van der Waals surface area contributed by atoms with Crippen molar-refractivity contribution in [3.8, 4) is 0 Å². The fourth-order valence-electron chi connectivity index (χ4n) is 3.30. The Balaban J connectivity index is 2.29. The lowest BCUT2D eigenvalue weighted by molar-refractivity contribution is -0.107. The topological polar surface area (TPSA) is 47.3 Å². The number of aryl methyl sites for hydroxylation is 1. The molecule has 4 heteroatoms. The van der Waals surface area contributed by atoms with Crippen LogP contribution in [0.2, 0.25) is 0 Å². The summed E-state index contributed by atoms with van der Waals surface area (Å²) in [5.74, 6) is 5.92. The molecule has 3 nitrogen and oxygen atoms in total. The molecular formula is C16H28N2OS. The van der Waals surface area contributed by atoms with Gasteiger partial charge in [0.25, 0.3) is 0 Å². The Kier molecular flexibility index (Phi) is 4.90. The molecule has 1 atom stereocenters. The van der Waals surface area contributed by atoms with E-state index >= 15 is 0 Å². The summed E-state index contributed by atoms with van der Waals surface area (Å²) in [6.07, 6.45) is 4.52. The molecule has 1 aliphatic carbocycles. The molecule has 1 aliphatic rings. The van der Waals surface area contributed by atoms with Crippen molar-refractivity contribution in [1.29, 1.82) is 0 Å². The quantitative estimate of drug-likeness (QED) is 0.639. The molecule has 20 heavy (non-hydrogen) atoms. The van der Waals surface area contributed by atoms with E-state index in [1.807, 2.05) is 0 Å². The third-order valence-electron chi connectivity index (χ3n) is 4.74. The zero-order valence-electron chi connectivity index (χ0n) is 13.2. The highest BCUT2D eigenvalue weighted by atomic mass is 32.1. The molecule has 0 bridgehead atoms. The first-order valence-electron chi connectivity index (χ1n) is 7.58. The van der Waals surface area contributed by atoms with Crippen molar-refractivity contribution < 1.29 is 4.74 Å². The van der Waals surface area contributed by atoms with Gasteiger partial charge in [0.2, 0.25) is 0 Å². The van der Waals surface area contributed by atoms with Crippen molar-refractivity contribution in [3.05, 3.63) is 21.9 Å². The van der Waals surface area contributed by atoms with E-state index in [9.17, 15) is 0 Å². The summed E-state index contributed by atoms with van der Waals surface area (Å²) in [6.45, 7) is 9.68. The zero-order valence-corrected chi connectivity index (χ0v) is 14.0. The highest BCUT2D eigenvalue weighted by Crippen LogP contribution is 2.48. The molecule has 1 fully saturated rings. The predicted molar refractivity (Wildman–Crippen MR) is 85.7 cm³/mol. The standard InChI is InChI=1S/C16H28N2OS/c1-5-19-16(9-7-15(3,4)8-10-16)14(18-17)13-12(2)6-11-20-13/h6,11,14,18H,5,7-10,17H2,1-4H3. The van der Waals surface area contributed by atoms with Crippen LogP contribution in [0.25, 0.3) is 0 Å². The Morgan fingerprint density at radius 2 is 2.00 bits per heavy atom. The predicted octanol–water partition coefficient (Wildman–Crippen LogP) is 3.94. The van der Waals surface area contributed by atoms with Gasteiger partial charge in [0.05, 0.1) is 11.6 Å². The average molecular weight is 296 g/mol. The highest BCUT2D eigenvalue weighted by molar-refractivity contribution is 7.10. The van der Waals surface area contributed by atoms with Gasteiger partial charge >= 0.3 is 0 Å². The number of hydrogen-bond acceptors (Lipinski definition) is 4. The van der Waals surface area contributed by atoms with Crippen molar-refractivity contribution in [1.82, 2.24) is 5.43 Å². The summed E-state index contributed by atoms with van der Waals surface area (Å²) in [7, 11) is 0. The molecule has 0 aliphatic heterocycles. The SMILES string of the molecule is CCOC1(C(NN)c2sccc2C)CCC(C)(C)CC1. The molecule has 0 aromatic carbocycles. The average Bonchev–Trinajstić information content (AvgIpc) is 2.81. The maximum absolute atomic E-state index is 6.26. The summed E-state index contributed by atoms with van der Waals surface area (Å²) in [6, 6.07) is 2.26. The van der Waals surface area contributed by atoms with E-state index < -0.39 is 0 Å². The van der Waals surface area contributed by atoms with Crippen LogP contribution in [-0.4, -0.2) is 12.2 Å². The molecule has 0 radical (unpaired) electrons. The molecule has 1 aromatic heterocycles. The summed E-state index contributed by atoms with van der Waals surface area (Å²) in [5, 5.41) is 2.14. The second kappa shape index (κ2) is 6.14. The number of hydrazine groups is 1. The highest BCUT2D eigenvalue weighted by Gasteiger charge is 2.45. The van der Waals surface area contributed by atoms with Gasteiger partial charge in [-0.05, 0) is 62.0 Å². The second-order valence-electron chi connectivity index (χ2n) is 6.73. The van der Waals surface area contributed by atoms with Gasteiger partial charge in [0.15, 0.2) is 0 Å². The van der Waals surface area contributed by atoms with Crippen LogP contribution in [0.5, 0.6) is 0 Å². The largest absolute Gasteiger partial charge is 0.373 e. The third-order valence-corrected chi connectivity index (χ3v) is 5.82. The summed E-state index contributed by atoms with van der Waals surface area (Å²) in [5.41, 5.74) is 4.62. The van der Waals surface area contributed by atoms with Crippen LogP contribution < -0.4 is 11.3 Å². The minimum absolute atomic E-state index is 0.0959. The number of nitrogens with two attached hydrogens (primary N) is 1. The smallest absolute Gasteiger partial charge is 0.0897 e. The number of rotatable bonds is 5. The van der Waals surface area contributed by atoms with E-state index in [1.54, 1.807) is 11.3 Å². The molecule has 1 aromatic rings. The molecule has 0 spiro atoms. The van der Waals surface area contributed by atoms with Crippen LogP contribution in [0.1, 0.15) is 62.9 Å². The van der Waals surface area contributed by atoms with Gasteiger partial charge in [0, 0.05) is 11.5 Å². The summed E-state index contributed by atoms with van der Waals surface area (Å²) in [4.78, 5) is 1.32. The zero-order chi connectivity index (χ0) is 14.8. The lowest BCUT2D eigenvalue weighted by atomic mass is 9.68. The van der Waals surface area contributed by atoms with Crippen LogP contribution in [-0.2, 0) is 4.74 Å². The van der Waals surface area contributed by atoms with Gasteiger partial charge < -0.3 is 4.74 Å². The van der Waals surface area contributed by atoms with Gasteiger partial charge in [-0.2, -0.15) is 0 Å². The van der Waals surface area contributed by atoms with Crippen LogP contribution in [0, 0.1) is 12.3 Å². The molecule has 1 saturated carbocycles. The number of ether oxygens (including phenoxy) is 1. The number of nitrogens with one attached hydrogen (secondary N) is 1. The molecule has 114 valence electrons. The third kappa shape index (κ3) is 3.08. The normalized spacial score (nSPS) is 22.6. The molecule has 3 N–H and O–H groups in total. The molecule has 0 saturated heterocycles. The van der Waals surface area contributed by atoms with Crippen LogP contribution >= 0.6 is 11.3 Å². The molecular weight excluding hydrogens is 268 g/mol. The van der Waals surface area contributed by atoms with E-state index in [0.717, 1.165) is 19.4 Å². The lowest BCUT2D eigenvalue weighted by Gasteiger charge is -2.47. The van der Waals surface area contributed by atoms with Gasteiger partial charge in [-0.3, -0.25) is 5.84 Å². The Morgan fingerprint density at radius 1 is 1.35 bits per heavy atom. The van der Waals surface area contributed by atoms with Crippen molar-refractivity contribution in [2.45, 2.75) is 65.0 Å². The molecule has 1 heterocycles. The van der Waals surface area contributed by atoms with Crippen molar-refractivity contribution in [2.75, 3.05) is 6.61 Å². The first kappa shape index (κ1) is 16.0. The second-order valence-corrected chi connectivity index (χ2v) is 7.68. The lowest BCUT2D eigenvalue weighted by Crippen LogP contribution is -2.51.